The van der Waals surface area contributed by atoms with Crippen LogP contribution in [0.25, 0.3) is 0 Å². The van der Waals surface area contributed by atoms with E-state index < -0.39 is 8.00 Å². The molecule has 0 heterocycles. The van der Waals surface area contributed by atoms with Gasteiger partial charge in [0.05, 0.1) is 6.61 Å². The largest absolute Gasteiger partial charge is 0.420 e. The second-order valence-corrected chi connectivity index (χ2v) is 1.73. The Morgan fingerprint density at radius 1 is 2.00 bits per heavy atom. The Hall–Kier alpha value is 0.0900. The van der Waals surface area contributed by atoms with Gasteiger partial charge in [-0.25, -0.2) is 0 Å². The van der Waals surface area contributed by atoms with E-state index in [2.05, 4.69) is 10.8 Å². The summed E-state index contributed by atoms with van der Waals surface area (Å²) in [5.41, 5.74) is 0. The van der Waals surface area contributed by atoms with Gasteiger partial charge in [0.15, 0.2) is 0 Å². The van der Waals surface area contributed by atoms with Crippen molar-refractivity contribution < 1.29 is 9.42 Å². The van der Waals surface area contributed by atoms with Crippen molar-refractivity contribution in [3.8, 4) is 0 Å². The molecule has 0 aromatic rings. The van der Waals surface area contributed by atoms with Crippen LogP contribution in [0.1, 0.15) is 6.92 Å². The SMILES string of the molecule is C=[P+](O)OCC. The van der Waals surface area contributed by atoms with E-state index in [4.69, 9.17) is 4.89 Å². The van der Waals surface area contributed by atoms with E-state index in [9.17, 15) is 0 Å². The zero-order chi connectivity index (χ0) is 4.99. The van der Waals surface area contributed by atoms with Crippen molar-refractivity contribution >= 4 is 14.3 Å². The van der Waals surface area contributed by atoms with Gasteiger partial charge in [-0.05, 0) is 6.92 Å². The highest BCUT2D eigenvalue weighted by Crippen LogP contribution is 2.11. The summed E-state index contributed by atoms with van der Waals surface area (Å²) in [6.45, 7) is 2.36. The summed E-state index contributed by atoms with van der Waals surface area (Å²) in [5, 5.41) is 0. The lowest BCUT2D eigenvalue weighted by atomic mass is 10.9. The van der Waals surface area contributed by atoms with E-state index in [1.54, 1.807) is 0 Å². The fraction of sp³-hybridized carbons (Fsp3) is 0.667. The van der Waals surface area contributed by atoms with Gasteiger partial charge in [-0.2, -0.15) is 9.42 Å². The highest BCUT2D eigenvalue weighted by atomic mass is 31.1. The molecule has 0 aliphatic heterocycles. The van der Waals surface area contributed by atoms with Gasteiger partial charge in [0.25, 0.3) is 0 Å². The average Bonchev–Trinajstić information content (AvgIpc) is 1.35. The highest BCUT2D eigenvalue weighted by Gasteiger charge is 1.93. The molecule has 0 saturated carbocycles. The molecule has 1 N–H and O–H groups in total. The van der Waals surface area contributed by atoms with E-state index in [0.29, 0.717) is 6.61 Å². The van der Waals surface area contributed by atoms with Crippen LogP contribution in [0.15, 0.2) is 0 Å². The second-order valence-electron chi connectivity index (χ2n) is 0.770. The summed E-state index contributed by atoms with van der Waals surface area (Å²) in [6.07, 6.45) is 3.23. The topological polar surface area (TPSA) is 29.5 Å². The van der Waals surface area contributed by atoms with Crippen molar-refractivity contribution in [2.75, 3.05) is 6.61 Å². The molecule has 1 unspecified atom stereocenters. The van der Waals surface area contributed by atoms with Crippen LogP contribution in [0.4, 0.5) is 0 Å². The van der Waals surface area contributed by atoms with E-state index in [1.165, 1.54) is 0 Å². The van der Waals surface area contributed by atoms with Crippen molar-refractivity contribution in [3.05, 3.63) is 0 Å². The van der Waals surface area contributed by atoms with E-state index in [-0.39, 0.29) is 0 Å². The third-order valence-electron chi connectivity index (χ3n) is 0.278. The first-order valence-corrected chi connectivity index (χ1v) is 3.09. The maximum atomic E-state index is 8.28. The van der Waals surface area contributed by atoms with Gasteiger partial charge < -0.3 is 0 Å². The number of hydrogen-bond acceptors (Lipinski definition) is 2. The lowest BCUT2D eigenvalue weighted by Crippen LogP contribution is -1.73. The molecule has 36 valence electrons. The molecule has 2 nitrogen and oxygen atoms in total. The molecule has 0 saturated heterocycles. The first kappa shape index (κ1) is 6.09. The van der Waals surface area contributed by atoms with E-state index >= 15 is 0 Å². The third kappa shape index (κ3) is 4.09. The molecule has 0 bridgehead atoms. The van der Waals surface area contributed by atoms with Gasteiger partial charge in [-0.15, -0.1) is 0 Å². The molecule has 0 fully saturated rings. The second kappa shape index (κ2) is 3.29. The minimum atomic E-state index is -1.35. The van der Waals surface area contributed by atoms with Crippen molar-refractivity contribution in [3.63, 3.8) is 0 Å². The van der Waals surface area contributed by atoms with Gasteiger partial charge in [0.1, 0.15) is 6.30 Å². The van der Waals surface area contributed by atoms with Crippen molar-refractivity contribution in [1.29, 1.82) is 0 Å². The van der Waals surface area contributed by atoms with Gasteiger partial charge in [0.2, 0.25) is 0 Å². The van der Waals surface area contributed by atoms with Crippen molar-refractivity contribution in [1.82, 2.24) is 0 Å². The monoisotopic (exact) mass is 107 g/mol. The smallest absolute Gasteiger partial charge is 0.168 e. The first-order chi connectivity index (χ1) is 2.77. The van der Waals surface area contributed by atoms with Crippen molar-refractivity contribution in [2.45, 2.75) is 6.92 Å². The maximum absolute atomic E-state index is 8.28. The predicted molar refractivity (Wildman–Crippen MR) is 27.9 cm³/mol. The summed E-state index contributed by atoms with van der Waals surface area (Å²) in [7, 11) is -1.35. The molecule has 3 heteroatoms. The summed E-state index contributed by atoms with van der Waals surface area (Å²) in [4.78, 5) is 8.28. The summed E-state index contributed by atoms with van der Waals surface area (Å²) < 4.78 is 4.55. The minimum Gasteiger partial charge on any atom is -0.168 e. The van der Waals surface area contributed by atoms with Gasteiger partial charge in [0, 0.05) is 0 Å². The van der Waals surface area contributed by atoms with Gasteiger partial charge in [-0.3, -0.25) is 0 Å². The fourth-order valence-electron chi connectivity index (χ4n) is 0.149. The average molecular weight is 107 g/mol. The first-order valence-electron chi connectivity index (χ1n) is 1.69. The van der Waals surface area contributed by atoms with Crippen LogP contribution in [0, 0.1) is 0 Å². The fourth-order valence-corrected chi connectivity index (χ4v) is 0.447. The van der Waals surface area contributed by atoms with E-state index in [1.807, 2.05) is 6.92 Å². The molecule has 0 aliphatic carbocycles. The Kier molecular flexibility index (Phi) is 3.34. The third-order valence-corrected chi connectivity index (χ3v) is 0.834. The predicted octanol–water partition coefficient (Wildman–Crippen LogP) is 0.759. The Bertz CT molecular complexity index is 52.8. The van der Waals surface area contributed by atoms with Crippen LogP contribution in [0.2, 0.25) is 0 Å². The summed E-state index contributed by atoms with van der Waals surface area (Å²) >= 11 is 0. The molecule has 0 aliphatic rings. The Balaban J connectivity index is 2.83. The molecule has 0 amide bonds. The molecule has 0 radical (unpaired) electrons. The summed E-state index contributed by atoms with van der Waals surface area (Å²) in [6, 6.07) is 0. The number of hydrogen-bond donors (Lipinski definition) is 1. The minimum absolute atomic E-state index is 0.547. The normalized spacial score (nSPS) is 11.3. The van der Waals surface area contributed by atoms with Crippen LogP contribution in [-0.2, 0) is 4.52 Å². The van der Waals surface area contributed by atoms with Gasteiger partial charge in [-0.1, -0.05) is 0 Å². The lowest BCUT2D eigenvalue weighted by Gasteiger charge is -1.74. The molecule has 0 aromatic heterocycles. The lowest BCUT2D eigenvalue weighted by molar-refractivity contribution is 0.344. The van der Waals surface area contributed by atoms with Crippen LogP contribution < -0.4 is 0 Å². The molecule has 0 spiro atoms. The quantitative estimate of drug-likeness (QED) is 0.528. The zero-order valence-corrected chi connectivity index (χ0v) is 4.61. The summed E-state index contributed by atoms with van der Waals surface area (Å²) in [5.74, 6) is 0. The Morgan fingerprint density at radius 3 is 2.50 bits per heavy atom. The molecule has 0 aromatic carbocycles. The molecule has 0 rings (SSSR count). The Morgan fingerprint density at radius 2 is 2.50 bits per heavy atom. The zero-order valence-electron chi connectivity index (χ0n) is 3.72. The standard InChI is InChI=1S/C3H8O2P/c1-3-5-6(2)4/h4H,2-3H2,1H3/q+1. The van der Waals surface area contributed by atoms with Crippen LogP contribution in [0.3, 0.4) is 0 Å². The van der Waals surface area contributed by atoms with Crippen molar-refractivity contribution in [2.24, 2.45) is 0 Å². The van der Waals surface area contributed by atoms with Crippen LogP contribution >= 0.6 is 8.00 Å². The molecule has 1 atom stereocenters. The van der Waals surface area contributed by atoms with Crippen LogP contribution in [-0.4, -0.2) is 17.8 Å². The maximum Gasteiger partial charge on any atom is 0.420 e. The Labute approximate surface area is 38.3 Å². The molecular weight excluding hydrogens is 99.0 g/mol. The molecular formula is C3H8O2P+. The van der Waals surface area contributed by atoms with E-state index in [0.717, 1.165) is 0 Å². The van der Waals surface area contributed by atoms with Crippen LogP contribution in [0.5, 0.6) is 0 Å². The van der Waals surface area contributed by atoms with Gasteiger partial charge >= 0.3 is 8.00 Å². The molecule has 6 heavy (non-hydrogen) atoms. The highest BCUT2D eigenvalue weighted by molar-refractivity contribution is 7.44. The number of rotatable bonds is 2.